The molecule has 0 heterocycles. The summed E-state index contributed by atoms with van der Waals surface area (Å²) in [5, 5.41) is 18.6. The Morgan fingerprint density at radius 2 is 1.77 bits per heavy atom. The van der Waals surface area contributed by atoms with E-state index in [-0.39, 0.29) is 6.42 Å². The Hall–Kier alpha value is -2.13. The molecule has 0 aliphatic carbocycles. The highest BCUT2D eigenvalue weighted by atomic mass is 16.4. The number of hydrogen-bond acceptors (Lipinski definition) is 2. The van der Waals surface area contributed by atoms with E-state index in [4.69, 9.17) is 5.11 Å². The molecule has 0 aliphatic rings. The van der Waals surface area contributed by atoms with Gasteiger partial charge in [-0.1, -0.05) is 74.4 Å². The summed E-state index contributed by atoms with van der Waals surface area (Å²) in [6, 6.07) is 8.06. The van der Waals surface area contributed by atoms with Crippen molar-refractivity contribution in [3.05, 3.63) is 59.7 Å². The minimum Gasteiger partial charge on any atom is -0.481 e. The van der Waals surface area contributed by atoms with Crippen LogP contribution >= 0.6 is 0 Å². The lowest BCUT2D eigenvalue weighted by Gasteiger charge is -2.02. The number of hydrogen-bond donors (Lipinski definition) is 2. The second-order valence-corrected chi connectivity index (χ2v) is 6.49. The van der Waals surface area contributed by atoms with Gasteiger partial charge in [-0.15, -0.1) is 0 Å². The van der Waals surface area contributed by atoms with Crippen LogP contribution in [-0.2, 0) is 4.79 Å². The van der Waals surface area contributed by atoms with E-state index in [0.29, 0.717) is 12.8 Å². The first-order chi connectivity index (χ1) is 12.6. The maximum absolute atomic E-state index is 10.5. The maximum atomic E-state index is 10.5. The van der Waals surface area contributed by atoms with E-state index in [0.717, 1.165) is 24.0 Å². The van der Waals surface area contributed by atoms with E-state index in [1.165, 1.54) is 19.3 Å². The number of carboxylic acids is 1. The molecule has 1 aromatic carbocycles. The number of unbranched alkanes of at least 4 members (excludes halogenated alkanes) is 4. The van der Waals surface area contributed by atoms with Crippen LogP contribution in [0, 0.1) is 0 Å². The Kier molecular flexibility index (Phi) is 11.9. The van der Waals surface area contributed by atoms with Crippen LogP contribution in [0.5, 0.6) is 0 Å². The Morgan fingerprint density at radius 1 is 1.04 bits per heavy atom. The summed E-state index contributed by atoms with van der Waals surface area (Å²) in [5.74, 6) is -0.750. The largest absolute Gasteiger partial charge is 0.481 e. The minimum atomic E-state index is -0.750. The fourth-order valence-electron chi connectivity index (χ4n) is 2.52. The van der Waals surface area contributed by atoms with Gasteiger partial charge in [0, 0.05) is 6.42 Å². The zero-order valence-electron chi connectivity index (χ0n) is 15.8. The van der Waals surface area contributed by atoms with Gasteiger partial charge in [0.1, 0.15) is 0 Å². The molecule has 0 saturated heterocycles. The summed E-state index contributed by atoms with van der Waals surface area (Å²) < 4.78 is 0. The molecule has 26 heavy (non-hydrogen) atoms. The van der Waals surface area contributed by atoms with Crippen molar-refractivity contribution < 1.29 is 15.0 Å². The van der Waals surface area contributed by atoms with Crippen LogP contribution in [-0.4, -0.2) is 22.3 Å². The van der Waals surface area contributed by atoms with Crippen LogP contribution in [0.25, 0.3) is 12.2 Å². The van der Waals surface area contributed by atoms with Crippen LogP contribution in [0.1, 0.15) is 69.4 Å². The second kappa shape index (κ2) is 14.1. The molecule has 0 aromatic heterocycles. The molecule has 0 radical (unpaired) electrons. The third kappa shape index (κ3) is 11.4. The second-order valence-electron chi connectivity index (χ2n) is 6.49. The predicted molar refractivity (Wildman–Crippen MR) is 110 cm³/mol. The zero-order chi connectivity index (χ0) is 19.0. The molecule has 1 rings (SSSR count). The molecule has 1 aromatic rings. The third-order valence-electron chi connectivity index (χ3n) is 4.01. The van der Waals surface area contributed by atoms with E-state index in [2.05, 4.69) is 25.1 Å². The van der Waals surface area contributed by atoms with E-state index in [1.807, 2.05) is 42.5 Å². The Balaban J connectivity index is 2.40. The molecule has 0 spiro atoms. The lowest BCUT2D eigenvalue weighted by Crippen LogP contribution is -1.98. The van der Waals surface area contributed by atoms with Crippen molar-refractivity contribution >= 4 is 18.1 Å². The normalized spacial score (nSPS) is 13.2. The van der Waals surface area contributed by atoms with E-state index in [9.17, 15) is 9.90 Å². The number of carbonyl (C=O) groups is 1. The monoisotopic (exact) mass is 356 g/mol. The summed E-state index contributed by atoms with van der Waals surface area (Å²) in [5.41, 5.74) is 2.12. The average Bonchev–Trinajstić information content (AvgIpc) is 2.63. The van der Waals surface area contributed by atoms with Gasteiger partial charge in [-0.2, -0.15) is 0 Å². The summed E-state index contributed by atoms with van der Waals surface area (Å²) in [4.78, 5) is 10.5. The molecule has 142 valence electrons. The molecule has 3 heteroatoms. The SMILES string of the molecule is CCCCC/C=C\CC(O)/C=C\c1cccc(/C=C/CCCC(=O)O)c1. The van der Waals surface area contributed by atoms with Gasteiger partial charge in [-0.3, -0.25) is 4.79 Å². The zero-order valence-corrected chi connectivity index (χ0v) is 15.8. The van der Waals surface area contributed by atoms with Crippen LogP contribution in [0.3, 0.4) is 0 Å². The van der Waals surface area contributed by atoms with Gasteiger partial charge in [-0.05, 0) is 49.3 Å². The highest BCUT2D eigenvalue weighted by molar-refractivity contribution is 5.66. The number of carboxylic acid groups (broad SMARTS) is 1. The summed E-state index contributed by atoms with van der Waals surface area (Å²) in [6.45, 7) is 2.20. The van der Waals surface area contributed by atoms with Crippen LogP contribution in [0.2, 0.25) is 0 Å². The molecule has 0 fully saturated rings. The number of benzene rings is 1. The summed E-state index contributed by atoms with van der Waals surface area (Å²) in [7, 11) is 0. The van der Waals surface area contributed by atoms with Crippen molar-refractivity contribution in [3.8, 4) is 0 Å². The molecule has 2 N–H and O–H groups in total. The number of rotatable bonds is 13. The molecule has 0 saturated carbocycles. The van der Waals surface area contributed by atoms with Crippen LogP contribution in [0.4, 0.5) is 0 Å². The van der Waals surface area contributed by atoms with Crippen molar-refractivity contribution in [2.45, 2.75) is 64.4 Å². The first-order valence-electron chi connectivity index (χ1n) is 9.61. The van der Waals surface area contributed by atoms with E-state index >= 15 is 0 Å². The van der Waals surface area contributed by atoms with Gasteiger partial charge >= 0.3 is 5.97 Å². The molecule has 1 unspecified atom stereocenters. The van der Waals surface area contributed by atoms with Crippen molar-refractivity contribution in [2.24, 2.45) is 0 Å². The standard InChI is InChI=1S/C23H32O3/c1-2-3-4-5-6-9-15-22(24)18-17-21-14-11-13-20(19-21)12-8-7-10-16-23(25)26/h6,8-9,11-14,17-19,22,24H,2-5,7,10,15-16H2,1H3,(H,25,26)/b9-6-,12-8+,18-17-. The average molecular weight is 357 g/mol. The maximum Gasteiger partial charge on any atom is 0.303 e. The van der Waals surface area contributed by atoms with Crippen LogP contribution < -0.4 is 0 Å². The topological polar surface area (TPSA) is 57.5 Å². The van der Waals surface area contributed by atoms with Crippen molar-refractivity contribution in [2.75, 3.05) is 0 Å². The summed E-state index contributed by atoms with van der Waals surface area (Å²) in [6.07, 6.45) is 18.6. The molecule has 0 amide bonds. The highest BCUT2D eigenvalue weighted by Gasteiger charge is 1.97. The van der Waals surface area contributed by atoms with Crippen molar-refractivity contribution in [1.29, 1.82) is 0 Å². The third-order valence-corrected chi connectivity index (χ3v) is 4.01. The number of aliphatic hydroxyl groups is 1. The Morgan fingerprint density at radius 3 is 2.50 bits per heavy atom. The van der Waals surface area contributed by atoms with Gasteiger partial charge in [-0.25, -0.2) is 0 Å². The lowest BCUT2D eigenvalue weighted by atomic mass is 10.1. The first kappa shape index (κ1) is 21.9. The highest BCUT2D eigenvalue weighted by Crippen LogP contribution is 2.11. The smallest absolute Gasteiger partial charge is 0.303 e. The molecule has 1 atom stereocenters. The fourth-order valence-corrected chi connectivity index (χ4v) is 2.52. The van der Waals surface area contributed by atoms with Crippen molar-refractivity contribution in [3.63, 3.8) is 0 Å². The number of aliphatic hydroxyl groups excluding tert-OH is 1. The van der Waals surface area contributed by atoms with Gasteiger partial charge in [0.2, 0.25) is 0 Å². The Labute approximate surface area is 157 Å². The molecule has 0 bridgehead atoms. The van der Waals surface area contributed by atoms with Gasteiger partial charge in [0.25, 0.3) is 0 Å². The quantitative estimate of drug-likeness (QED) is 0.344. The first-order valence-corrected chi connectivity index (χ1v) is 9.61. The fraction of sp³-hybridized carbons (Fsp3) is 0.435. The minimum absolute atomic E-state index is 0.206. The molecular formula is C23H32O3. The lowest BCUT2D eigenvalue weighted by molar-refractivity contribution is -0.137. The number of aliphatic carboxylic acids is 1. The number of allylic oxidation sites excluding steroid dienone is 2. The van der Waals surface area contributed by atoms with Crippen molar-refractivity contribution in [1.82, 2.24) is 0 Å². The van der Waals surface area contributed by atoms with Crippen LogP contribution in [0.15, 0.2) is 48.6 Å². The summed E-state index contributed by atoms with van der Waals surface area (Å²) >= 11 is 0. The molecule has 0 aliphatic heterocycles. The van der Waals surface area contributed by atoms with Gasteiger partial charge in [0.15, 0.2) is 0 Å². The van der Waals surface area contributed by atoms with E-state index in [1.54, 1.807) is 0 Å². The Bertz CT molecular complexity index is 599. The van der Waals surface area contributed by atoms with Gasteiger partial charge < -0.3 is 10.2 Å². The van der Waals surface area contributed by atoms with Gasteiger partial charge in [0.05, 0.1) is 6.10 Å². The predicted octanol–water partition coefficient (Wildman–Crippen LogP) is 5.86. The van der Waals surface area contributed by atoms with E-state index < -0.39 is 12.1 Å². The molecular weight excluding hydrogens is 324 g/mol. The molecule has 3 nitrogen and oxygen atoms in total.